The Morgan fingerprint density at radius 1 is 1.13 bits per heavy atom. The summed E-state index contributed by atoms with van der Waals surface area (Å²) >= 11 is 0. The van der Waals surface area contributed by atoms with Crippen molar-refractivity contribution in [2.45, 2.75) is 53.2 Å². The van der Waals surface area contributed by atoms with E-state index in [0.29, 0.717) is 31.1 Å². The highest BCUT2D eigenvalue weighted by molar-refractivity contribution is 5.94. The maximum atomic E-state index is 12.6. The van der Waals surface area contributed by atoms with Crippen molar-refractivity contribution in [3.63, 3.8) is 0 Å². The average molecular weight is 413 g/mol. The molecule has 8 nitrogen and oxygen atoms in total. The number of rotatable bonds is 10. The van der Waals surface area contributed by atoms with Gasteiger partial charge in [0.05, 0.1) is 18.8 Å². The molecule has 0 unspecified atom stereocenters. The number of hydrogen-bond acceptors (Lipinski definition) is 6. The van der Waals surface area contributed by atoms with Crippen LogP contribution in [0.1, 0.15) is 50.4 Å². The van der Waals surface area contributed by atoms with Crippen LogP contribution in [0.25, 0.3) is 0 Å². The van der Waals surface area contributed by atoms with E-state index in [1.54, 1.807) is 4.90 Å². The molecule has 1 aromatic heterocycles. The first-order valence-electron chi connectivity index (χ1n) is 10.7. The van der Waals surface area contributed by atoms with Crippen molar-refractivity contribution in [1.82, 2.24) is 19.8 Å². The van der Waals surface area contributed by atoms with Crippen molar-refractivity contribution in [3.05, 3.63) is 41.1 Å². The van der Waals surface area contributed by atoms with Gasteiger partial charge in [0, 0.05) is 13.1 Å². The first kappa shape index (κ1) is 21.8. The Hall–Kier alpha value is -2.87. The summed E-state index contributed by atoms with van der Waals surface area (Å²) in [6.07, 6.45) is 1.95. The molecule has 1 aliphatic rings. The number of hydrogen-bond donors (Lipinski definition) is 2. The quantitative estimate of drug-likeness (QED) is 0.579. The smallest absolute Gasteiger partial charge is 0.322 e. The van der Waals surface area contributed by atoms with Crippen molar-refractivity contribution in [3.8, 4) is 6.01 Å². The molecule has 8 heteroatoms. The molecule has 2 heterocycles. The number of carbonyl (C=O) groups excluding carboxylic acids is 1. The number of nitrogens with two attached hydrogens (primary N) is 1. The summed E-state index contributed by atoms with van der Waals surface area (Å²) in [5, 5.41) is 2.82. The minimum Gasteiger partial charge on any atom is -0.463 e. The molecular formula is C22H32N6O2. The number of urea groups is 1. The third-order valence-corrected chi connectivity index (χ3v) is 5.28. The number of carbonyl (C=O) groups is 1. The van der Waals surface area contributed by atoms with Crippen LogP contribution in [0.4, 0.5) is 16.3 Å². The second-order valence-corrected chi connectivity index (χ2v) is 7.48. The molecule has 3 N–H and O–H groups in total. The fourth-order valence-corrected chi connectivity index (χ4v) is 3.37. The second-order valence-electron chi connectivity index (χ2n) is 7.48. The number of aromatic nitrogens is 2. The molecule has 0 spiro atoms. The molecule has 1 aliphatic heterocycles. The number of nitrogen functional groups attached to an aromatic ring is 1. The van der Waals surface area contributed by atoms with E-state index in [-0.39, 0.29) is 17.9 Å². The van der Waals surface area contributed by atoms with E-state index in [4.69, 9.17) is 10.5 Å². The molecule has 2 aromatic rings. The van der Waals surface area contributed by atoms with Crippen LogP contribution in [0, 0.1) is 0 Å². The predicted octanol–water partition coefficient (Wildman–Crippen LogP) is 3.63. The predicted molar refractivity (Wildman–Crippen MR) is 118 cm³/mol. The van der Waals surface area contributed by atoms with Crippen LogP contribution in [-0.2, 0) is 19.6 Å². The van der Waals surface area contributed by atoms with Gasteiger partial charge in [-0.05, 0) is 30.6 Å². The molecule has 30 heavy (non-hydrogen) atoms. The van der Waals surface area contributed by atoms with E-state index in [1.165, 1.54) is 5.56 Å². The molecule has 0 saturated carbocycles. The van der Waals surface area contributed by atoms with Crippen molar-refractivity contribution in [2.24, 2.45) is 0 Å². The van der Waals surface area contributed by atoms with E-state index >= 15 is 0 Å². The lowest BCUT2D eigenvalue weighted by molar-refractivity contribution is 0.202. The minimum atomic E-state index is -0.204. The summed E-state index contributed by atoms with van der Waals surface area (Å²) in [7, 11) is 0. The van der Waals surface area contributed by atoms with E-state index in [2.05, 4.69) is 65.2 Å². The summed E-state index contributed by atoms with van der Waals surface area (Å²) < 4.78 is 5.60. The van der Waals surface area contributed by atoms with Crippen LogP contribution in [0.3, 0.4) is 0 Å². The molecule has 0 atom stereocenters. The highest BCUT2D eigenvalue weighted by atomic mass is 16.5. The number of nitrogens with one attached hydrogen (secondary N) is 1. The number of ether oxygens (including phenoxy) is 1. The van der Waals surface area contributed by atoms with Crippen LogP contribution < -0.4 is 15.8 Å². The number of benzene rings is 1. The van der Waals surface area contributed by atoms with Gasteiger partial charge in [-0.2, -0.15) is 9.97 Å². The molecule has 0 radical (unpaired) electrons. The maximum Gasteiger partial charge on any atom is 0.322 e. The standard InChI is InChI=1S/C22H32N6O2/c1-4-7-12-30-21-24-18-15-28(22(29)25-19(18)20(23)26-21)14-17-10-8-16(9-11-17)13-27(5-2)6-3/h8-11H,4-7,12-15H2,1-3H3,(H,25,29)(H2,23,24,26). The Morgan fingerprint density at radius 3 is 2.50 bits per heavy atom. The Bertz CT molecular complexity index is 851. The molecule has 0 fully saturated rings. The summed E-state index contributed by atoms with van der Waals surface area (Å²) in [6.45, 7) is 10.8. The zero-order valence-corrected chi connectivity index (χ0v) is 18.1. The van der Waals surface area contributed by atoms with Gasteiger partial charge in [-0.3, -0.25) is 4.90 Å². The lowest BCUT2D eigenvalue weighted by Crippen LogP contribution is -2.39. The summed E-state index contributed by atoms with van der Waals surface area (Å²) in [5.74, 6) is 0.236. The van der Waals surface area contributed by atoms with Crippen LogP contribution in [0.15, 0.2) is 24.3 Å². The van der Waals surface area contributed by atoms with E-state index in [9.17, 15) is 4.79 Å². The van der Waals surface area contributed by atoms with Gasteiger partial charge in [0.15, 0.2) is 5.82 Å². The number of amides is 2. The van der Waals surface area contributed by atoms with Gasteiger partial charge in [0.25, 0.3) is 0 Å². The zero-order chi connectivity index (χ0) is 21.5. The summed E-state index contributed by atoms with van der Waals surface area (Å²) in [4.78, 5) is 25.3. The lowest BCUT2D eigenvalue weighted by atomic mass is 10.1. The van der Waals surface area contributed by atoms with Crippen molar-refractivity contribution in [1.29, 1.82) is 0 Å². The minimum absolute atomic E-state index is 0.204. The SMILES string of the molecule is CCCCOc1nc(N)c2c(n1)CN(Cc1ccc(CN(CC)CC)cc1)C(=O)N2. The largest absolute Gasteiger partial charge is 0.463 e. The van der Waals surface area contributed by atoms with Crippen LogP contribution in [0.5, 0.6) is 6.01 Å². The molecule has 1 aromatic carbocycles. The molecule has 2 amide bonds. The third kappa shape index (κ3) is 5.38. The summed E-state index contributed by atoms with van der Waals surface area (Å²) in [6, 6.07) is 8.47. The molecule has 0 aliphatic carbocycles. The first-order valence-corrected chi connectivity index (χ1v) is 10.7. The second kappa shape index (κ2) is 10.2. The van der Waals surface area contributed by atoms with Crippen LogP contribution >= 0.6 is 0 Å². The number of nitrogens with zero attached hydrogens (tertiary/aromatic N) is 4. The average Bonchev–Trinajstić information content (AvgIpc) is 2.74. The zero-order valence-electron chi connectivity index (χ0n) is 18.1. The maximum absolute atomic E-state index is 12.6. The van der Waals surface area contributed by atoms with Gasteiger partial charge in [-0.1, -0.05) is 51.5 Å². The highest BCUT2D eigenvalue weighted by Crippen LogP contribution is 2.29. The fourth-order valence-electron chi connectivity index (χ4n) is 3.37. The number of unbranched alkanes of at least 4 members (excludes halogenated alkanes) is 1. The van der Waals surface area contributed by atoms with Gasteiger partial charge in [0.1, 0.15) is 5.69 Å². The Morgan fingerprint density at radius 2 is 1.83 bits per heavy atom. The molecule has 0 bridgehead atoms. The summed E-state index contributed by atoms with van der Waals surface area (Å²) in [5.41, 5.74) is 9.51. The third-order valence-electron chi connectivity index (χ3n) is 5.28. The Kier molecular flexibility index (Phi) is 7.46. The van der Waals surface area contributed by atoms with Crippen molar-refractivity contribution >= 4 is 17.5 Å². The molecular weight excluding hydrogens is 380 g/mol. The fraction of sp³-hybridized carbons (Fsp3) is 0.500. The van der Waals surface area contributed by atoms with Gasteiger partial charge in [0.2, 0.25) is 0 Å². The molecule has 0 saturated heterocycles. The van der Waals surface area contributed by atoms with Gasteiger partial charge < -0.3 is 20.7 Å². The number of fused-ring (bicyclic) bond motifs is 1. The molecule has 162 valence electrons. The first-order chi connectivity index (χ1) is 14.5. The van der Waals surface area contributed by atoms with Gasteiger partial charge in [-0.15, -0.1) is 0 Å². The topological polar surface area (TPSA) is 96.6 Å². The van der Waals surface area contributed by atoms with Gasteiger partial charge >= 0.3 is 12.0 Å². The van der Waals surface area contributed by atoms with Crippen LogP contribution in [-0.4, -0.2) is 45.5 Å². The Labute approximate surface area is 178 Å². The lowest BCUT2D eigenvalue weighted by Gasteiger charge is -2.29. The van der Waals surface area contributed by atoms with Crippen molar-refractivity contribution < 1.29 is 9.53 Å². The molecule has 3 rings (SSSR count). The van der Waals surface area contributed by atoms with E-state index in [1.807, 2.05) is 0 Å². The van der Waals surface area contributed by atoms with E-state index in [0.717, 1.165) is 38.0 Å². The highest BCUT2D eigenvalue weighted by Gasteiger charge is 2.27. The van der Waals surface area contributed by atoms with Gasteiger partial charge in [-0.25, -0.2) is 4.79 Å². The Balaban J connectivity index is 1.68. The van der Waals surface area contributed by atoms with Crippen LogP contribution in [0.2, 0.25) is 0 Å². The normalized spacial score (nSPS) is 13.3. The van der Waals surface area contributed by atoms with Crippen molar-refractivity contribution in [2.75, 3.05) is 30.7 Å². The number of anilines is 2. The monoisotopic (exact) mass is 412 g/mol. The van der Waals surface area contributed by atoms with E-state index < -0.39 is 0 Å².